The number of hydrogen-bond donors (Lipinski definition) is 2. The van der Waals surface area contributed by atoms with E-state index in [1.165, 1.54) is 43.6 Å². The predicted octanol–water partition coefficient (Wildman–Crippen LogP) is 4.07. The molecular weight excluding hydrogens is 516 g/mol. The third-order valence-electron chi connectivity index (χ3n) is 5.41. The van der Waals surface area contributed by atoms with Crippen LogP contribution in [0.15, 0.2) is 70.4 Å². The minimum absolute atomic E-state index is 0.0249. The first-order chi connectivity index (χ1) is 17.4. The van der Waals surface area contributed by atoms with Crippen LogP contribution in [-0.4, -0.2) is 36.2 Å². The second kappa shape index (κ2) is 10.3. The Morgan fingerprint density at radius 3 is 2.49 bits per heavy atom. The van der Waals surface area contributed by atoms with E-state index in [0.29, 0.717) is 22.3 Å². The number of nitrogens with zero attached hydrogens (tertiary/aromatic N) is 2. The van der Waals surface area contributed by atoms with Gasteiger partial charge in [0.25, 0.3) is 0 Å². The lowest BCUT2D eigenvalue weighted by atomic mass is 10.1. The van der Waals surface area contributed by atoms with Gasteiger partial charge in [-0.3, -0.25) is 10.1 Å². The Morgan fingerprint density at radius 2 is 1.78 bits per heavy atom. The Bertz CT molecular complexity index is 1540. The van der Waals surface area contributed by atoms with E-state index in [-0.39, 0.29) is 17.2 Å². The molecule has 0 aliphatic carbocycles. The quantitative estimate of drug-likeness (QED) is 0.326. The van der Waals surface area contributed by atoms with E-state index in [1.54, 1.807) is 0 Å². The van der Waals surface area contributed by atoms with Crippen LogP contribution in [0, 0.1) is 5.82 Å². The Kier molecular flexibility index (Phi) is 7.28. The molecule has 2 N–H and O–H groups in total. The third kappa shape index (κ3) is 6.30. The molecule has 0 aliphatic heterocycles. The molecule has 0 unspecified atom stereocenters. The van der Waals surface area contributed by atoms with Gasteiger partial charge in [0.05, 0.1) is 29.5 Å². The lowest BCUT2D eigenvalue weighted by Gasteiger charge is -2.14. The number of alkyl halides is 3. The van der Waals surface area contributed by atoms with Crippen molar-refractivity contribution < 1.29 is 35.2 Å². The monoisotopic (exact) mass is 536 g/mol. The minimum atomic E-state index is -4.45. The maximum atomic E-state index is 13.3. The molecule has 0 saturated carbocycles. The lowest BCUT2D eigenvalue weighted by molar-refractivity contribution is -0.137. The standard InChI is InChI=1S/C24H20F4N4O4S/c1-14(32-13-37(34,35)22-9-16-8-18(25)6-7-21(16)36-22)23(33)29-11-19-10-20(31-12-30-19)15-2-4-17(5-3-15)24(26,27)28/h2-10,12,14,32H,11,13H2,1H3,(H,29,33)/t14-/m0/s1. The summed E-state index contributed by atoms with van der Waals surface area (Å²) in [5, 5.41) is 5.16. The van der Waals surface area contributed by atoms with Crippen molar-refractivity contribution in [1.82, 2.24) is 20.6 Å². The highest BCUT2D eigenvalue weighted by Crippen LogP contribution is 2.30. The zero-order valence-electron chi connectivity index (χ0n) is 19.2. The zero-order chi connectivity index (χ0) is 26.8. The molecule has 2 aromatic heterocycles. The number of furan rings is 1. The zero-order valence-corrected chi connectivity index (χ0v) is 20.0. The molecule has 0 radical (unpaired) electrons. The van der Waals surface area contributed by atoms with E-state index in [9.17, 15) is 30.8 Å². The highest BCUT2D eigenvalue weighted by molar-refractivity contribution is 7.91. The normalized spacial score (nSPS) is 13.0. The summed E-state index contributed by atoms with van der Waals surface area (Å²) < 4.78 is 82.1. The van der Waals surface area contributed by atoms with Gasteiger partial charge in [-0.1, -0.05) is 12.1 Å². The fraction of sp³-hybridized carbons (Fsp3) is 0.208. The van der Waals surface area contributed by atoms with Crippen LogP contribution in [-0.2, 0) is 27.4 Å². The molecule has 1 atom stereocenters. The van der Waals surface area contributed by atoms with Crippen molar-refractivity contribution in [2.75, 3.05) is 5.88 Å². The predicted molar refractivity (Wildman–Crippen MR) is 125 cm³/mol. The fourth-order valence-corrected chi connectivity index (χ4v) is 4.49. The molecule has 0 spiro atoms. The van der Waals surface area contributed by atoms with E-state index in [2.05, 4.69) is 20.6 Å². The van der Waals surface area contributed by atoms with Gasteiger partial charge in [0.15, 0.2) is 0 Å². The molecule has 0 aliphatic rings. The molecule has 0 fully saturated rings. The fourth-order valence-electron chi connectivity index (χ4n) is 3.35. The molecule has 0 bridgehead atoms. The molecule has 37 heavy (non-hydrogen) atoms. The molecule has 2 heterocycles. The van der Waals surface area contributed by atoms with Crippen molar-refractivity contribution in [1.29, 1.82) is 0 Å². The molecule has 13 heteroatoms. The highest BCUT2D eigenvalue weighted by atomic mass is 32.2. The number of sulfone groups is 1. The van der Waals surface area contributed by atoms with Crippen LogP contribution in [0.3, 0.4) is 0 Å². The maximum Gasteiger partial charge on any atom is 0.416 e. The van der Waals surface area contributed by atoms with Gasteiger partial charge >= 0.3 is 6.18 Å². The van der Waals surface area contributed by atoms with Crippen LogP contribution < -0.4 is 10.6 Å². The van der Waals surface area contributed by atoms with Gasteiger partial charge in [0, 0.05) is 17.0 Å². The van der Waals surface area contributed by atoms with Gasteiger partial charge in [-0.05, 0) is 43.3 Å². The van der Waals surface area contributed by atoms with Crippen molar-refractivity contribution in [3.8, 4) is 11.3 Å². The van der Waals surface area contributed by atoms with E-state index in [0.717, 1.165) is 24.3 Å². The van der Waals surface area contributed by atoms with E-state index in [1.807, 2.05) is 0 Å². The van der Waals surface area contributed by atoms with Crippen LogP contribution in [0.1, 0.15) is 18.2 Å². The van der Waals surface area contributed by atoms with Crippen LogP contribution >= 0.6 is 0 Å². The molecule has 4 rings (SSSR count). The van der Waals surface area contributed by atoms with Gasteiger partial charge in [-0.15, -0.1) is 0 Å². The Morgan fingerprint density at radius 1 is 1.05 bits per heavy atom. The van der Waals surface area contributed by atoms with Crippen LogP contribution in [0.25, 0.3) is 22.2 Å². The summed E-state index contributed by atoms with van der Waals surface area (Å²) in [6.45, 7) is 1.44. The summed E-state index contributed by atoms with van der Waals surface area (Å²) in [4.78, 5) is 20.6. The van der Waals surface area contributed by atoms with E-state index in [4.69, 9.17) is 4.42 Å². The summed E-state index contributed by atoms with van der Waals surface area (Å²) >= 11 is 0. The van der Waals surface area contributed by atoms with Gasteiger partial charge < -0.3 is 9.73 Å². The van der Waals surface area contributed by atoms with Gasteiger partial charge in [0.2, 0.25) is 20.8 Å². The number of hydrogen-bond acceptors (Lipinski definition) is 7. The van der Waals surface area contributed by atoms with Crippen molar-refractivity contribution in [3.05, 3.63) is 78.0 Å². The Labute approximate surface area is 208 Å². The minimum Gasteiger partial charge on any atom is -0.445 e. The van der Waals surface area contributed by atoms with Crippen molar-refractivity contribution in [2.45, 2.75) is 30.8 Å². The summed E-state index contributed by atoms with van der Waals surface area (Å²) in [6, 6.07) is 9.93. The number of halogens is 4. The number of aromatic nitrogens is 2. The van der Waals surface area contributed by atoms with Crippen molar-refractivity contribution in [2.24, 2.45) is 0 Å². The average molecular weight is 537 g/mol. The molecule has 194 valence electrons. The van der Waals surface area contributed by atoms with Gasteiger partial charge in [0.1, 0.15) is 23.6 Å². The summed E-state index contributed by atoms with van der Waals surface area (Å²) in [6.07, 6.45) is -3.23. The Balaban J connectivity index is 1.34. The molecule has 0 saturated heterocycles. The molecule has 2 aromatic carbocycles. The summed E-state index contributed by atoms with van der Waals surface area (Å²) in [7, 11) is -3.95. The highest BCUT2D eigenvalue weighted by Gasteiger charge is 2.30. The number of carbonyl (C=O) groups is 1. The third-order valence-corrected chi connectivity index (χ3v) is 6.77. The second-order valence-corrected chi connectivity index (χ2v) is 10.0. The number of amides is 1. The van der Waals surface area contributed by atoms with E-state index >= 15 is 0 Å². The number of benzene rings is 2. The molecule has 8 nitrogen and oxygen atoms in total. The SMILES string of the molecule is C[C@H](NCS(=O)(=O)c1cc2cc(F)ccc2o1)C(=O)NCc1cc(-c2ccc(C(F)(F)F)cc2)ncn1. The first-order valence-electron chi connectivity index (χ1n) is 10.8. The van der Waals surface area contributed by atoms with E-state index < -0.39 is 45.2 Å². The molecule has 1 amide bonds. The number of nitrogens with one attached hydrogen (secondary N) is 2. The number of fused-ring (bicyclic) bond motifs is 1. The smallest absolute Gasteiger partial charge is 0.416 e. The topological polar surface area (TPSA) is 114 Å². The van der Waals surface area contributed by atoms with Crippen LogP contribution in [0.4, 0.5) is 17.6 Å². The Hall–Kier alpha value is -3.84. The maximum absolute atomic E-state index is 13.3. The van der Waals surface area contributed by atoms with Crippen LogP contribution in [0.2, 0.25) is 0 Å². The first kappa shape index (κ1) is 26.2. The number of carbonyl (C=O) groups excluding carboxylic acids is 1. The van der Waals surface area contributed by atoms with Crippen LogP contribution in [0.5, 0.6) is 0 Å². The summed E-state index contributed by atoms with van der Waals surface area (Å²) in [5.74, 6) is -1.65. The van der Waals surface area contributed by atoms with Gasteiger partial charge in [-0.2, -0.15) is 13.2 Å². The number of rotatable bonds is 8. The lowest BCUT2D eigenvalue weighted by Crippen LogP contribution is -2.43. The van der Waals surface area contributed by atoms with Crippen molar-refractivity contribution >= 4 is 26.7 Å². The molecular formula is C24H20F4N4O4S. The van der Waals surface area contributed by atoms with Gasteiger partial charge in [-0.25, -0.2) is 22.8 Å². The second-order valence-electron chi connectivity index (χ2n) is 8.12. The average Bonchev–Trinajstić information content (AvgIpc) is 3.30. The molecule has 4 aromatic rings. The van der Waals surface area contributed by atoms with Crippen molar-refractivity contribution in [3.63, 3.8) is 0 Å². The first-order valence-corrected chi connectivity index (χ1v) is 12.5. The summed E-state index contributed by atoms with van der Waals surface area (Å²) in [5.41, 5.74) is 0.641. The largest absolute Gasteiger partial charge is 0.445 e.